The van der Waals surface area contributed by atoms with Crippen LogP contribution in [0.5, 0.6) is 0 Å². The van der Waals surface area contributed by atoms with Crippen molar-refractivity contribution in [3.8, 4) is 0 Å². The van der Waals surface area contributed by atoms with Crippen molar-refractivity contribution in [1.29, 1.82) is 0 Å². The minimum atomic E-state index is -0.725. The molecule has 2 aromatic rings. The molecule has 1 fully saturated rings. The van der Waals surface area contributed by atoms with Crippen LogP contribution in [0.15, 0.2) is 41.3 Å². The lowest BCUT2D eigenvalue weighted by Crippen LogP contribution is -2.59. The van der Waals surface area contributed by atoms with E-state index in [2.05, 4.69) is 16.9 Å². The van der Waals surface area contributed by atoms with Crippen molar-refractivity contribution in [2.75, 3.05) is 26.2 Å². The number of benzene rings is 1. The molecule has 0 bridgehead atoms. The quantitative estimate of drug-likeness (QED) is 0.757. The summed E-state index contributed by atoms with van der Waals surface area (Å²) in [5.74, 6) is -0.466. The Bertz CT molecular complexity index is 842. The molecule has 1 aromatic carbocycles. The highest BCUT2D eigenvalue weighted by molar-refractivity contribution is 5.93. The number of fused-ring (bicyclic) bond motifs is 1. The summed E-state index contributed by atoms with van der Waals surface area (Å²) in [6.45, 7) is 6.26. The summed E-state index contributed by atoms with van der Waals surface area (Å²) in [5, 5.41) is 2.77. The van der Waals surface area contributed by atoms with Crippen LogP contribution in [0.2, 0.25) is 0 Å². The van der Waals surface area contributed by atoms with Crippen molar-refractivity contribution in [2.24, 2.45) is 0 Å². The van der Waals surface area contributed by atoms with E-state index < -0.39 is 6.04 Å². The first-order valence-electron chi connectivity index (χ1n) is 8.86. The van der Waals surface area contributed by atoms with Crippen LogP contribution in [0.1, 0.15) is 12.8 Å². The lowest BCUT2D eigenvalue weighted by atomic mass is 10.1. The molecule has 1 unspecified atom stereocenters. The summed E-state index contributed by atoms with van der Waals surface area (Å²) in [7, 11) is 0. The van der Waals surface area contributed by atoms with E-state index in [1.165, 1.54) is 15.9 Å². The number of piperazine rings is 1. The highest BCUT2D eigenvalue weighted by Gasteiger charge is 2.35. The van der Waals surface area contributed by atoms with Gasteiger partial charge in [-0.15, -0.1) is 0 Å². The van der Waals surface area contributed by atoms with Crippen LogP contribution in [-0.2, 0) is 20.8 Å². The zero-order valence-electron chi connectivity index (χ0n) is 15.2. The fourth-order valence-electron chi connectivity index (χ4n) is 3.12. The average molecular weight is 370 g/mol. The van der Waals surface area contributed by atoms with Crippen LogP contribution < -0.4 is 5.32 Å². The predicted octanol–water partition coefficient (Wildman–Crippen LogP) is 0.732. The molecule has 1 aromatic heterocycles. The molecule has 8 heteroatoms. The van der Waals surface area contributed by atoms with Crippen molar-refractivity contribution >= 4 is 28.8 Å². The number of hydrogen-bond acceptors (Lipinski definition) is 5. The Morgan fingerprint density at radius 2 is 2.22 bits per heavy atom. The second-order valence-electron chi connectivity index (χ2n) is 6.23. The van der Waals surface area contributed by atoms with Crippen molar-refractivity contribution in [1.82, 2.24) is 20.1 Å². The van der Waals surface area contributed by atoms with Gasteiger partial charge in [0.05, 0.1) is 6.42 Å². The number of amides is 3. The topological polar surface area (TPSA) is 95.8 Å². The second kappa shape index (κ2) is 8.03. The molecule has 8 nitrogen and oxygen atoms in total. The zero-order valence-corrected chi connectivity index (χ0v) is 15.2. The van der Waals surface area contributed by atoms with Gasteiger partial charge in [-0.2, -0.15) is 0 Å². The standard InChI is InChI=1S/C19H22N4O4/c1-3-17(24)22(4-2)12-18(25)23-10-9-20-19(26)14(23)11-16-21-13-7-5-6-8-15(13)27-16/h3,5-8,14H,1,4,9-12H2,2H3,(H,20,26). The number of para-hydroxylation sites is 2. The molecule has 1 saturated heterocycles. The molecule has 1 aliphatic rings. The molecule has 1 N–H and O–H groups in total. The molecule has 0 spiro atoms. The maximum atomic E-state index is 12.8. The summed E-state index contributed by atoms with van der Waals surface area (Å²) in [6, 6.07) is 6.60. The SMILES string of the molecule is C=CC(=O)N(CC)CC(=O)N1CCNC(=O)C1Cc1nc2ccccc2o1. The van der Waals surface area contributed by atoms with Crippen molar-refractivity contribution in [2.45, 2.75) is 19.4 Å². The van der Waals surface area contributed by atoms with Crippen LogP contribution in [0.3, 0.4) is 0 Å². The molecule has 0 saturated carbocycles. The van der Waals surface area contributed by atoms with Gasteiger partial charge in [0, 0.05) is 19.6 Å². The van der Waals surface area contributed by atoms with E-state index in [1.54, 1.807) is 13.0 Å². The number of aromatic nitrogens is 1. The average Bonchev–Trinajstić information content (AvgIpc) is 3.09. The highest BCUT2D eigenvalue weighted by atomic mass is 16.3. The van der Waals surface area contributed by atoms with Crippen molar-refractivity contribution in [3.05, 3.63) is 42.8 Å². The predicted molar refractivity (Wildman–Crippen MR) is 98.7 cm³/mol. The van der Waals surface area contributed by atoms with E-state index in [0.717, 1.165) is 0 Å². The van der Waals surface area contributed by atoms with E-state index in [4.69, 9.17) is 4.42 Å². The normalized spacial score (nSPS) is 16.9. The maximum Gasteiger partial charge on any atom is 0.246 e. The highest BCUT2D eigenvalue weighted by Crippen LogP contribution is 2.18. The first-order chi connectivity index (χ1) is 13.0. The summed E-state index contributed by atoms with van der Waals surface area (Å²) in [5.41, 5.74) is 1.34. The van der Waals surface area contributed by atoms with E-state index in [-0.39, 0.29) is 30.7 Å². The first-order valence-corrected chi connectivity index (χ1v) is 8.86. The molecule has 27 heavy (non-hydrogen) atoms. The van der Waals surface area contributed by atoms with Gasteiger partial charge in [0.15, 0.2) is 11.5 Å². The zero-order chi connectivity index (χ0) is 19.4. The first kappa shape index (κ1) is 18.6. The second-order valence-corrected chi connectivity index (χ2v) is 6.23. The molecule has 142 valence electrons. The number of hydrogen-bond donors (Lipinski definition) is 1. The summed E-state index contributed by atoms with van der Waals surface area (Å²) in [6.07, 6.45) is 1.35. The lowest BCUT2D eigenvalue weighted by Gasteiger charge is -2.35. The Hall–Kier alpha value is -3.16. The largest absolute Gasteiger partial charge is 0.441 e. The summed E-state index contributed by atoms with van der Waals surface area (Å²) >= 11 is 0. The maximum absolute atomic E-state index is 12.8. The molecule has 1 atom stereocenters. The molecule has 0 radical (unpaired) electrons. The minimum Gasteiger partial charge on any atom is -0.441 e. The molecule has 3 rings (SSSR count). The van der Waals surface area contributed by atoms with Gasteiger partial charge in [-0.25, -0.2) is 4.98 Å². The van der Waals surface area contributed by atoms with Crippen molar-refractivity contribution < 1.29 is 18.8 Å². The molecular weight excluding hydrogens is 348 g/mol. The van der Waals surface area contributed by atoms with Gasteiger partial charge in [0.1, 0.15) is 18.1 Å². The number of oxazole rings is 1. The number of nitrogens with zero attached hydrogens (tertiary/aromatic N) is 3. The van der Waals surface area contributed by atoms with Crippen molar-refractivity contribution in [3.63, 3.8) is 0 Å². The van der Waals surface area contributed by atoms with Gasteiger partial charge >= 0.3 is 0 Å². The van der Waals surface area contributed by atoms with E-state index >= 15 is 0 Å². The van der Waals surface area contributed by atoms with Gasteiger partial charge in [0.2, 0.25) is 17.7 Å². The van der Waals surface area contributed by atoms with Crippen LogP contribution >= 0.6 is 0 Å². The fourth-order valence-corrected chi connectivity index (χ4v) is 3.12. The van der Waals surface area contributed by atoms with Crippen LogP contribution in [-0.4, -0.2) is 64.7 Å². The number of carbonyl (C=O) groups is 3. The van der Waals surface area contributed by atoms with Gasteiger partial charge in [-0.3, -0.25) is 14.4 Å². The molecular formula is C19H22N4O4. The Kier molecular flexibility index (Phi) is 5.54. The number of rotatable bonds is 6. The van der Waals surface area contributed by atoms with E-state index in [1.807, 2.05) is 18.2 Å². The van der Waals surface area contributed by atoms with Gasteiger partial charge < -0.3 is 19.5 Å². The Morgan fingerprint density at radius 1 is 1.44 bits per heavy atom. The number of likely N-dealkylation sites (N-methyl/N-ethyl adjacent to an activating group) is 1. The molecule has 3 amide bonds. The molecule has 2 heterocycles. The van der Waals surface area contributed by atoms with Gasteiger partial charge in [-0.05, 0) is 25.1 Å². The van der Waals surface area contributed by atoms with Gasteiger partial charge in [0.25, 0.3) is 0 Å². The van der Waals surface area contributed by atoms with E-state index in [0.29, 0.717) is 36.6 Å². The summed E-state index contributed by atoms with van der Waals surface area (Å²) < 4.78 is 5.70. The third kappa shape index (κ3) is 3.99. The van der Waals surface area contributed by atoms with E-state index in [9.17, 15) is 14.4 Å². The Labute approximate surface area is 156 Å². The smallest absolute Gasteiger partial charge is 0.246 e. The Balaban J connectivity index is 1.78. The summed E-state index contributed by atoms with van der Waals surface area (Å²) in [4.78, 5) is 44.3. The third-order valence-corrected chi connectivity index (χ3v) is 4.55. The number of carbonyl (C=O) groups excluding carboxylic acids is 3. The van der Waals surface area contributed by atoms with Crippen LogP contribution in [0.4, 0.5) is 0 Å². The third-order valence-electron chi connectivity index (χ3n) is 4.55. The van der Waals surface area contributed by atoms with Crippen LogP contribution in [0, 0.1) is 0 Å². The number of nitrogens with one attached hydrogen (secondary N) is 1. The Morgan fingerprint density at radius 3 is 2.93 bits per heavy atom. The lowest BCUT2D eigenvalue weighted by molar-refractivity contribution is -0.146. The van der Waals surface area contributed by atoms with Gasteiger partial charge in [-0.1, -0.05) is 18.7 Å². The fraction of sp³-hybridized carbons (Fsp3) is 0.368. The monoisotopic (exact) mass is 370 g/mol. The van der Waals surface area contributed by atoms with Crippen LogP contribution in [0.25, 0.3) is 11.1 Å². The minimum absolute atomic E-state index is 0.0985. The molecule has 1 aliphatic heterocycles. The molecule has 0 aliphatic carbocycles.